The van der Waals surface area contributed by atoms with Gasteiger partial charge in [0.15, 0.2) is 5.78 Å². The van der Waals surface area contributed by atoms with Gasteiger partial charge in [-0.1, -0.05) is 0 Å². The first-order valence-corrected chi connectivity index (χ1v) is 5.80. The van der Waals surface area contributed by atoms with E-state index in [1.807, 2.05) is 0 Å². The van der Waals surface area contributed by atoms with Crippen LogP contribution in [0.1, 0.15) is 9.67 Å². The molecule has 0 saturated heterocycles. The largest absolute Gasteiger partial charge is 0.324 e. The number of nitrogens with one attached hydrogen (secondary N) is 1. The van der Waals surface area contributed by atoms with E-state index in [0.717, 1.165) is 9.90 Å². The highest BCUT2D eigenvalue weighted by Crippen LogP contribution is 2.38. The van der Waals surface area contributed by atoms with E-state index < -0.39 is 0 Å². The number of amides is 1. The zero-order valence-electron chi connectivity index (χ0n) is 7.20. The van der Waals surface area contributed by atoms with Crippen molar-refractivity contribution < 1.29 is 9.59 Å². The lowest BCUT2D eigenvalue weighted by Crippen LogP contribution is -2.17. The number of ketones is 1. The summed E-state index contributed by atoms with van der Waals surface area (Å²) < 4.78 is 0.987. The second-order valence-electron chi connectivity index (χ2n) is 2.78. The molecule has 0 spiro atoms. The summed E-state index contributed by atoms with van der Waals surface area (Å²) in [6, 6.07) is 1.69. The van der Waals surface area contributed by atoms with Gasteiger partial charge in [0.2, 0.25) is 5.91 Å². The van der Waals surface area contributed by atoms with Crippen molar-refractivity contribution in [1.82, 2.24) is 0 Å². The Bertz CT molecular complexity index is 400. The van der Waals surface area contributed by atoms with Gasteiger partial charge >= 0.3 is 0 Å². The molecule has 1 aliphatic rings. The first-order chi connectivity index (χ1) is 6.70. The number of carbonyl (C=O) groups excluding carboxylic acids is 2. The zero-order chi connectivity index (χ0) is 10.1. The topological polar surface area (TPSA) is 72.2 Å². The number of anilines is 1. The van der Waals surface area contributed by atoms with Gasteiger partial charge in [-0.2, -0.15) is 0 Å². The number of Topliss-reactive ketones (excluding diaryl/α,β-unsaturated/α-hetero) is 1. The Labute approximate surface area is 88.9 Å². The van der Waals surface area contributed by atoms with Crippen molar-refractivity contribution in [3.8, 4) is 0 Å². The summed E-state index contributed by atoms with van der Waals surface area (Å²) in [5.41, 5.74) is 6.00. The fourth-order valence-corrected chi connectivity index (χ4v) is 3.20. The zero-order valence-corrected chi connectivity index (χ0v) is 8.83. The standard InChI is InChI=1S/C8H8N2O2S2/c9-2-5(11)6-1-4-8(14-6)13-3-7(12)10-4/h1H,2-3,9H2,(H,10,12). The summed E-state index contributed by atoms with van der Waals surface area (Å²) in [5, 5.41) is 2.72. The molecule has 0 radical (unpaired) electrons. The fraction of sp³-hybridized carbons (Fsp3) is 0.250. The highest BCUT2D eigenvalue weighted by molar-refractivity contribution is 8.02. The molecule has 2 heterocycles. The minimum atomic E-state index is -0.0840. The summed E-state index contributed by atoms with van der Waals surface area (Å²) in [7, 11) is 0. The number of thiophene rings is 1. The smallest absolute Gasteiger partial charge is 0.234 e. The molecule has 1 aliphatic heterocycles. The second kappa shape index (κ2) is 3.72. The first-order valence-electron chi connectivity index (χ1n) is 4.00. The van der Waals surface area contributed by atoms with Gasteiger partial charge in [0.1, 0.15) is 0 Å². The molecule has 2 rings (SSSR count). The van der Waals surface area contributed by atoms with Crippen molar-refractivity contribution in [1.29, 1.82) is 0 Å². The molecular formula is C8H8N2O2S2. The Kier molecular flexibility index (Phi) is 2.58. The van der Waals surface area contributed by atoms with Crippen LogP contribution in [-0.4, -0.2) is 24.0 Å². The number of carbonyl (C=O) groups is 2. The normalized spacial score (nSPS) is 14.8. The summed E-state index contributed by atoms with van der Waals surface area (Å²) in [6.45, 7) is 0.0119. The van der Waals surface area contributed by atoms with Gasteiger partial charge in [0.05, 0.1) is 27.1 Å². The van der Waals surface area contributed by atoms with Crippen LogP contribution >= 0.6 is 23.1 Å². The van der Waals surface area contributed by atoms with Crippen LogP contribution in [0.2, 0.25) is 0 Å². The Morgan fingerprint density at radius 1 is 1.64 bits per heavy atom. The number of hydrogen-bond donors (Lipinski definition) is 2. The Hall–Kier alpha value is -0.850. The van der Waals surface area contributed by atoms with E-state index in [0.29, 0.717) is 10.6 Å². The molecule has 0 bridgehead atoms. The maximum absolute atomic E-state index is 11.3. The lowest BCUT2D eigenvalue weighted by Gasteiger charge is -2.10. The minimum absolute atomic E-state index is 0.0119. The third-order valence-corrected chi connectivity index (χ3v) is 4.23. The molecule has 1 amide bonds. The van der Waals surface area contributed by atoms with E-state index in [1.165, 1.54) is 23.1 Å². The molecule has 1 aromatic heterocycles. The Balaban J connectivity index is 2.32. The number of hydrogen-bond acceptors (Lipinski definition) is 5. The van der Waals surface area contributed by atoms with Crippen molar-refractivity contribution >= 4 is 40.5 Å². The van der Waals surface area contributed by atoms with Crippen LogP contribution in [0, 0.1) is 0 Å². The van der Waals surface area contributed by atoms with Crippen molar-refractivity contribution in [3.63, 3.8) is 0 Å². The quantitative estimate of drug-likeness (QED) is 0.739. The van der Waals surface area contributed by atoms with E-state index in [2.05, 4.69) is 5.32 Å². The van der Waals surface area contributed by atoms with Gasteiger partial charge in [0.25, 0.3) is 0 Å². The van der Waals surface area contributed by atoms with E-state index in [4.69, 9.17) is 5.73 Å². The predicted molar refractivity (Wildman–Crippen MR) is 57.1 cm³/mol. The summed E-state index contributed by atoms with van der Waals surface area (Å²) >= 11 is 2.85. The van der Waals surface area contributed by atoms with Gasteiger partial charge in [-0.05, 0) is 6.07 Å². The molecule has 6 heteroatoms. The SMILES string of the molecule is NCC(=O)c1cc2c(s1)SCC(=O)N2. The summed E-state index contributed by atoms with van der Waals surface area (Å²) in [5.74, 6) is 0.315. The molecule has 74 valence electrons. The molecule has 0 atom stereocenters. The van der Waals surface area contributed by atoms with Gasteiger partial charge in [0, 0.05) is 0 Å². The van der Waals surface area contributed by atoms with Gasteiger partial charge in [-0.15, -0.1) is 23.1 Å². The highest BCUT2D eigenvalue weighted by Gasteiger charge is 2.20. The number of thioether (sulfide) groups is 1. The number of rotatable bonds is 2. The molecule has 4 nitrogen and oxygen atoms in total. The van der Waals surface area contributed by atoms with E-state index >= 15 is 0 Å². The molecule has 3 N–H and O–H groups in total. The van der Waals surface area contributed by atoms with Crippen LogP contribution in [0.3, 0.4) is 0 Å². The third-order valence-electron chi connectivity index (χ3n) is 1.77. The summed E-state index contributed by atoms with van der Waals surface area (Å²) in [4.78, 5) is 22.9. The molecule has 14 heavy (non-hydrogen) atoms. The van der Waals surface area contributed by atoms with Crippen LogP contribution < -0.4 is 11.1 Å². The maximum Gasteiger partial charge on any atom is 0.234 e. The van der Waals surface area contributed by atoms with Crippen molar-refractivity contribution in [3.05, 3.63) is 10.9 Å². The fourth-order valence-electron chi connectivity index (χ4n) is 1.12. The molecule has 1 aromatic rings. The average molecular weight is 228 g/mol. The maximum atomic E-state index is 11.3. The monoisotopic (exact) mass is 228 g/mol. The molecule has 0 aliphatic carbocycles. The molecule has 0 saturated carbocycles. The molecular weight excluding hydrogens is 220 g/mol. The van der Waals surface area contributed by atoms with Gasteiger partial charge in [-0.3, -0.25) is 9.59 Å². The Morgan fingerprint density at radius 2 is 2.43 bits per heavy atom. The van der Waals surface area contributed by atoms with Gasteiger partial charge < -0.3 is 11.1 Å². The summed E-state index contributed by atoms with van der Waals surface area (Å²) in [6.07, 6.45) is 0. The number of nitrogens with two attached hydrogens (primary N) is 1. The lowest BCUT2D eigenvalue weighted by atomic mass is 10.3. The predicted octanol–water partition coefficient (Wildman–Crippen LogP) is 0.934. The first kappa shape index (κ1) is 9.70. The van der Waals surface area contributed by atoms with Crippen molar-refractivity contribution in [2.75, 3.05) is 17.6 Å². The van der Waals surface area contributed by atoms with E-state index in [-0.39, 0.29) is 18.2 Å². The van der Waals surface area contributed by atoms with E-state index in [9.17, 15) is 9.59 Å². The van der Waals surface area contributed by atoms with Crippen LogP contribution in [0.5, 0.6) is 0 Å². The van der Waals surface area contributed by atoms with E-state index in [1.54, 1.807) is 6.07 Å². The van der Waals surface area contributed by atoms with Crippen LogP contribution in [0.25, 0.3) is 0 Å². The van der Waals surface area contributed by atoms with Crippen molar-refractivity contribution in [2.24, 2.45) is 5.73 Å². The molecule has 0 aromatic carbocycles. The highest BCUT2D eigenvalue weighted by atomic mass is 32.2. The van der Waals surface area contributed by atoms with Crippen LogP contribution in [0.15, 0.2) is 10.3 Å². The van der Waals surface area contributed by atoms with Crippen LogP contribution in [0.4, 0.5) is 5.69 Å². The molecule has 0 unspecified atom stereocenters. The molecule has 0 fully saturated rings. The lowest BCUT2D eigenvalue weighted by molar-refractivity contribution is -0.113. The minimum Gasteiger partial charge on any atom is -0.324 e. The Morgan fingerprint density at radius 3 is 3.14 bits per heavy atom. The number of fused-ring (bicyclic) bond motifs is 1. The second-order valence-corrected chi connectivity index (χ2v) is 5.07. The van der Waals surface area contributed by atoms with Crippen molar-refractivity contribution in [2.45, 2.75) is 4.21 Å². The average Bonchev–Trinajstić information content (AvgIpc) is 2.59. The van der Waals surface area contributed by atoms with Crippen LogP contribution in [-0.2, 0) is 4.79 Å². The van der Waals surface area contributed by atoms with Gasteiger partial charge in [-0.25, -0.2) is 0 Å². The third kappa shape index (κ3) is 1.68.